The Morgan fingerprint density at radius 1 is 1.32 bits per heavy atom. The second kappa shape index (κ2) is 4.80. The number of likely N-dealkylation sites (tertiary alicyclic amines) is 1. The zero-order valence-corrected chi connectivity index (χ0v) is 13.0. The molecular weight excluding hydrogens is 274 g/mol. The van der Waals surface area contributed by atoms with Gasteiger partial charge < -0.3 is 4.90 Å². The Kier molecular flexibility index (Phi) is 3.00. The molecule has 0 aromatic heterocycles. The molecule has 2 atom stereocenters. The van der Waals surface area contributed by atoms with Gasteiger partial charge in [-0.05, 0) is 24.3 Å². The van der Waals surface area contributed by atoms with E-state index in [-0.39, 0.29) is 17.1 Å². The number of ketones is 1. The van der Waals surface area contributed by atoms with Crippen LogP contribution in [0.2, 0.25) is 0 Å². The second-order valence-corrected chi connectivity index (χ2v) is 6.77. The summed E-state index contributed by atoms with van der Waals surface area (Å²) in [5, 5.41) is 0. The third-order valence-corrected chi connectivity index (χ3v) is 5.49. The largest absolute Gasteiger partial charge is 0.315 e. The standard InChI is InChI=1S/C19H21NO2/c1-2-3-4-9-18(22)20-12-13-11-19(13)15-8-6-5-7-14(15)16(21)10-17(19)20/h5-8,10,13H,2-4,9,11-12H2,1H3/t13-,19-/m1/s1. The van der Waals surface area contributed by atoms with Gasteiger partial charge in [0.2, 0.25) is 5.91 Å². The molecule has 3 aliphatic rings. The van der Waals surface area contributed by atoms with Gasteiger partial charge in [-0.2, -0.15) is 0 Å². The monoisotopic (exact) mass is 295 g/mol. The highest BCUT2D eigenvalue weighted by Crippen LogP contribution is 2.66. The summed E-state index contributed by atoms with van der Waals surface area (Å²) in [5.41, 5.74) is 2.91. The Labute approximate surface area is 131 Å². The molecule has 2 fully saturated rings. The highest BCUT2D eigenvalue weighted by Gasteiger charge is 2.66. The third-order valence-electron chi connectivity index (χ3n) is 5.49. The number of carbonyl (C=O) groups is 2. The van der Waals surface area contributed by atoms with E-state index in [2.05, 4.69) is 13.0 Å². The molecule has 1 aromatic carbocycles. The van der Waals surface area contributed by atoms with E-state index in [1.165, 1.54) is 0 Å². The molecule has 0 unspecified atom stereocenters. The Morgan fingerprint density at radius 2 is 2.14 bits per heavy atom. The van der Waals surface area contributed by atoms with Gasteiger partial charge in [0, 0.05) is 35.7 Å². The van der Waals surface area contributed by atoms with Crippen molar-refractivity contribution >= 4 is 11.7 Å². The number of benzene rings is 1. The van der Waals surface area contributed by atoms with Crippen LogP contribution in [0.5, 0.6) is 0 Å². The van der Waals surface area contributed by atoms with E-state index < -0.39 is 0 Å². The number of nitrogens with zero attached hydrogens (tertiary/aromatic N) is 1. The minimum absolute atomic E-state index is 0.0368. The molecule has 22 heavy (non-hydrogen) atoms. The van der Waals surface area contributed by atoms with Crippen molar-refractivity contribution in [3.63, 3.8) is 0 Å². The first kappa shape index (κ1) is 13.7. The van der Waals surface area contributed by atoms with Gasteiger partial charge in [0.15, 0.2) is 5.78 Å². The van der Waals surface area contributed by atoms with E-state index in [0.717, 1.165) is 49.1 Å². The molecule has 1 aromatic rings. The van der Waals surface area contributed by atoms with Crippen molar-refractivity contribution in [3.8, 4) is 0 Å². The molecule has 114 valence electrons. The van der Waals surface area contributed by atoms with Crippen LogP contribution in [-0.2, 0) is 10.2 Å². The molecule has 3 heteroatoms. The zero-order chi connectivity index (χ0) is 15.3. The number of fused-ring (bicyclic) bond motifs is 1. The maximum atomic E-state index is 12.5. The Morgan fingerprint density at radius 3 is 2.95 bits per heavy atom. The van der Waals surface area contributed by atoms with Crippen LogP contribution >= 0.6 is 0 Å². The smallest absolute Gasteiger partial charge is 0.226 e. The zero-order valence-electron chi connectivity index (χ0n) is 13.0. The van der Waals surface area contributed by atoms with E-state index in [0.29, 0.717) is 12.3 Å². The van der Waals surface area contributed by atoms with Crippen molar-refractivity contribution in [3.05, 3.63) is 47.2 Å². The average Bonchev–Trinajstić information content (AvgIpc) is 3.16. The summed E-state index contributed by atoms with van der Waals surface area (Å²) in [5.74, 6) is 0.747. The van der Waals surface area contributed by atoms with Crippen LogP contribution < -0.4 is 0 Å². The summed E-state index contributed by atoms with van der Waals surface area (Å²) < 4.78 is 0. The lowest BCUT2D eigenvalue weighted by Crippen LogP contribution is -2.33. The number of hydrogen-bond acceptors (Lipinski definition) is 2. The third kappa shape index (κ3) is 1.74. The topological polar surface area (TPSA) is 37.4 Å². The molecule has 2 aliphatic carbocycles. The number of rotatable bonds is 4. The summed E-state index contributed by atoms with van der Waals surface area (Å²) in [4.78, 5) is 26.8. The fourth-order valence-corrected chi connectivity index (χ4v) is 4.28. The minimum atomic E-state index is -0.0368. The van der Waals surface area contributed by atoms with E-state index in [4.69, 9.17) is 0 Å². The van der Waals surface area contributed by atoms with E-state index in [9.17, 15) is 9.59 Å². The summed E-state index contributed by atoms with van der Waals surface area (Å²) in [6, 6.07) is 7.92. The fraction of sp³-hybridized carbons (Fsp3) is 0.474. The highest BCUT2D eigenvalue weighted by molar-refractivity contribution is 6.09. The molecule has 3 nitrogen and oxygen atoms in total. The van der Waals surface area contributed by atoms with Crippen LogP contribution in [0.3, 0.4) is 0 Å². The first-order chi connectivity index (χ1) is 10.7. The van der Waals surface area contributed by atoms with E-state index in [1.807, 2.05) is 23.1 Å². The van der Waals surface area contributed by atoms with Gasteiger partial charge >= 0.3 is 0 Å². The lowest BCUT2D eigenvalue weighted by Gasteiger charge is -2.29. The van der Waals surface area contributed by atoms with Crippen LogP contribution in [-0.4, -0.2) is 23.1 Å². The molecule has 1 heterocycles. The number of allylic oxidation sites excluding steroid dienone is 2. The first-order valence-corrected chi connectivity index (χ1v) is 8.35. The summed E-state index contributed by atoms with van der Waals surface area (Å²) in [6.07, 6.45) is 6.57. The van der Waals surface area contributed by atoms with Gasteiger partial charge in [-0.1, -0.05) is 44.0 Å². The summed E-state index contributed by atoms with van der Waals surface area (Å²) >= 11 is 0. The van der Waals surface area contributed by atoms with Crippen molar-refractivity contribution in [2.24, 2.45) is 5.92 Å². The number of unbranched alkanes of at least 4 members (excludes halogenated alkanes) is 2. The molecule has 0 radical (unpaired) electrons. The summed E-state index contributed by atoms with van der Waals surface area (Å²) in [7, 11) is 0. The number of piperidine rings is 1. The molecule has 1 aliphatic heterocycles. The molecule has 1 saturated heterocycles. The minimum Gasteiger partial charge on any atom is -0.315 e. The van der Waals surface area contributed by atoms with Gasteiger partial charge in [-0.25, -0.2) is 0 Å². The molecular formula is C19H21NO2. The SMILES string of the molecule is CCCCCC(=O)N1C[C@H]2C[C@@]23C1=CC(=O)c1ccccc13. The maximum Gasteiger partial charge on any atom is 0.226 e. The van der Waals surface area contributed by atoms with E-state index >= 15 is 0 Å². The number of amides is 1. The predicted octanol–water partition coefficient (Wildman–Crippen LogP) is 3.45. The highest BCUT2D eigenvalue weighted by atomic mass is 16.2. The molecule has 4 rings (SSSR count). The van der Waals surface area contributed by atoms with Gasteiger partial charge in [-0.3, -0.25) is 9.59 Å². The normalized spacial score (nSPS) is 27.9. The quantitative estimate of drug-likeness (QED) is 0.798. The Bertz CT molecular complexity index is 690. The van der Waals surface area contributed by atoms with Crippen LogP contribution in [0.1, 0.15) is 54.9 Å². The lowest BCUT2D eigenvalue weighted by atomic mass is 9.81. The van der Waals surface area contributed by atoms with Crippen molar-refractivity contribution in [2.45, 2.75) is 44.4 Å². The molecule has 1 saturated carbocycles. The fourth-order valence-electron chi connectivity index (χ4n) is 4.28. The Hall–Kier alpha value is -1.90. The van der Waals surface area contributed by atoms with Gasteiger partial charge in [-0.15, -0.1) is 0 Å². The second-order valence-electron chi connectivity index (χ2n) is 6.77. The van der Waals surface area contributed by atoms with Crippen LogP contribution in [0.4, 0.5) is 0 Å². The first-order valence-electron chi connectivity index (χ1n) is 8.35. The number of carbonyl (C=O) groups excluding carboxylic acids is 2. The lowest BCUT2D eigenvalue weighted by molar-refractivity contribution is -0.129. The average molecular weight is 295 g/mol. The van der Waals surface area contributed by atoms with Crippen LogP contribution in [0.25, 0.3) is 0 Å². The molecule has 0 bridgehead atoms. The van der Waals surface area contributed by atoms with Gasteiger partial charge in [0.1, 0.15) is 0 Å². The maximum absolute atomic E-state index is 12.5. The predicted molar refractivity (Wildman–Crippen MR) is 84.5 cm³/mol. The van der Waals surface area contributed by atoms with Crippen molar-refractivity contribution in [1.82, 2.24) is 4.90 Å². The van der Waals surface area contributed by atoms with Crippen molar-refractivity contribution < 1.29 is 9.59 Å². The van der Waals surface area contributed by atoms with Crippen molar-refractivity contribution in [1.29, 1.82) is 0 Å². The summed E-state index contributed by atoms with van der Waals surface area (Å²) in [6.45, 7) is 2.93. The van der Waals surface area contributed by atoms with Crippen molar-refractivity contribution in [2.75, 3.05) is 6.54 Å². The molecule has 1 amide bonds. The Balaban J connectivity index is 1.65. The number of hydrogen-bond donors (Lipinski definition) is 0. The molecule has 1 spiro atoms. The van der Waals surface area contributed by atoms with Crippen LogP contribution in [0.15, 0.2) is 36.0 Å². The van der Waals surface area contributed by atoms with Gasteiger partial charge in [0.25, 0.3) is 0 Å². The van der Waals surface area contributed by atoms with E-state index in [1.54, 1.807) is 6.08 Å². The van der Waals surface area contributed by atoms with Gasteiger partial charge in [0.05, 0.1) is 0 Å². The molecule has 0 N–H and O–H groups in total. The van der Waals surface area contributed by atoms with Crippen LogP contribution in [0, 0.1) is 5.92 Å².